The molecule has 15 heavy (non-hydrogen) atoms. The summed E-state index contributed by atoms with van der Waals surface area (Å²) in [6.07, 6.45) is 4.39. The summed E-state index contributed by atoms with van der Waals surface area (Å²) in [5.74, 6) is 0. The summed E-state index contributed by atoms with van der Waals surface area (Å²) in [5.41, 5.74) is 0. The average molecular weight is 214 g/mol. The lowest BCUT2D eigenvalue weighted by Crippen LogP contribution is -2.47. The van der Waals surface area contributed by atoms with E-state index in [1.54, 1.807) is 0 Å². The number of ether oxygens (including phenoxy) is 1. The van der Waals surface area contributed by atoms with E-state index in [9.17, 15) is 4.79 Å². The predicted molar refractivity (Wildman–Crippen MR) is 59.9 cm³/mol. The maximum absolute atomic E-state index is 11.0. The monoisotopic (exact) mass is 214 g/mol. The Bertz CT molecular complexity index is 197. The second-order valence-electron chi connectivity index (χ2n) is 4.13. The van der Waals surface area contributed by atoms with Crippen molar-refractivity contribution in [3.8, 4) is 0 Å². The molecule has 0 aromatic rings. The van der Waals surface area contributed by atoms with Crippen LogP contribution in [0.15, 0.2) is 0 Å². The highest BCUT2D eigenvalue weighted by atomic mass is 16.5. The highest BCUT2D eigenvalue weighted by Gasteiger charge is 2.20. The third-order valence-electron chi connectivity index (χ3n) is 2.84. The quantitative estimate of drug-likeness (QED) is 0.773. The number of hydrogen-bond donors (Lipinski definition) is 1. The van der Waals surface area contributed by atoms with E-state index in [4.69, 9.17) is 0 Å². The lowest BCUT2D eigenvalue weighted by Gasteiger charge is -2.32. The standard InChI is InChI=1S/C11H22N2O2/c1-3-4-7-13-8-5-6-10(9-13)12-11(14)15-2/h10H,3-9H2,1-2H3,(H,12,14). The van der Waals surface area contributed by atoms with Gasteiger partial charge in [0.2, 0.25) is 0 Å². The second kappa shape index (κ2) is 6.67. The van der Waals surface area contributed by atoms with Crippen molar-refractivity contribution < 1.29 is 9.53 Å². The Hall–Kier alpha value is -0.770. The first kappa shape index (κ1) is 12.3. The van der Waals surface area contributed by atoms with E-state index in [0.717, 1.165) is 19.5 Å². The molecule has 1 heterocycles. The number of rotatable bonds is 4. The summed E-state index contributed by atoms with van der Waals surface area (Å²) in [4.78, 5) is 13.5. The Labute approximate surface area is 92.0 Å². The van der Waals surface area contributed by atoms with Gasteiger partial charge in [-0.1, -0.05) is 13.3 Å². The Morgan fingerprint density at radius 1 is 1.60 bits per heavy atom. The molecule has 88 valence electrons. The van der Waals surface area contributed by atoms with Crippen LogP contribution in [0.25, 0.3) is 0 Å². The maximum Gasteiger partial charge on any atom is 0.407 e. The number of hydrogen-bond acceptors (Lipinski definition) is 3. The molecule has 1 unspecified atom stereocenters. The predicted octanol–water partition coefficient (Wildman–Crippen LogP) is 1.61. The molecular formula is C11H22N2O2. The fourth-order valence-corrected chi connectivity index (χ4v) is 1.98. The molecule has 0 saturated carbocycles. The molecule has 1 N–H and O–H groups in total. The summed E-state index contributed by atoms with van der Waals surface area (Å²) in [6, 6.07) is 0.267. The molecule has 0 bridgehead atoms. The van der Waals surface area contributed by atoms with E-state index in [1.165, 1.54) is 32.9 Å². The molecule has 0 aromatic carbocycles. The zero-order valence-electron chi connectivity index (χ0n) is 9.79. The number of carbonyl (C=O) groups is 1. The minimum absolute atomic E-state index is 0.267. The highest BCUT2D eigenvalue weighted by molar-refractivity contribution is 5.67. The van der Waals surface area contributed by atoms with Crippen molar-refractivity contribution in [1.29, 1.82) is 0 Å². The smallest absolute Gasteiger partial charge is 0.407 e. The van der Waals surface area contributed by atoms with Crippen LogP contribution in [0.5, 0.6) is 0 Å². The zero-order chi connectivity index (χ0) is 11.1. The largest absolute Gasteiger partial charge is 0.453 e. The number of alkyl carbamates (subject to hydrolysis) is 1. The van der Waals surface area contributed by atoms with Crippen LogP contribution in [0, 0.1) is 0 Å². The molecule has 1 aliphatic heterocycles. The summed E-state index contributed by atoms with van der Waals surface area (Å²) >= 11 is 0. The molecule has 1 atom stereocenters. The number of nitrogens with zero attached hydrogens (tertiary/aromatic N) is 1. The molecule has 1 rings (SSSR count). The van der Waals surface area contributed by atoms with Crippen LogP contribution in [0.3, 0.4) is 0 Å². The number of methoxy groups -OCH3 is 1. The summed E-state index contributed by atoms with van der Waals surface area (Å²) in [7, 11) is 1.41. The number of unbranched alkanes of at least 4 members (excludes halogenated alkanes) is 1. The van der Waals surface area contributed by atoms with Crippen molar-refractivity contribution in [1.82, 2.24) is 10.2 Å². The lowest BCUT2D eigenvalue weighted by atomic mass is 10.1. The van der Waals surface area contributed by atoms with E-state index in [-0.39, 0.29) is 12.1 Å². The second-order valence-corrected chi connectivity index (χ2v) is 4.13. The number of amides is 1. The van der Waals surface area contributed by atoms with Crippen molar-refractivity contribution in [2.24, 2.45) is 0 Å². The highest BCUT2D eigenvalue weighted by Crippen LogP contribution is 2.10. The molecule has 4 heteroatoms. The van der Waals surface area contributed by atoms with E-state index < -0.39 is 0 Å². The van der Waals surface area contributed by atoms with Crippen molar-refractivity contribution >= 4 is 6.09 Å². The van der Waals surface area contributed by atoms with E-state index in [1.807, 2.05) is 0 Å². The van der Waals surface area contributed by atoms with Crippen LogP contribution in [-0.4, -0.2) is 43.8 Å². The Kier molecular flexibility index (Phi) is 5.47. The number of likely N-dealkylation sites (tertiary alicyclic amines) is 1. The molecular weight excluding hydrogens is 192 g/mol. The van der Waals surface area contributed by atoms with Gasteiger partial charge in [-0.15, -0.1) is 0 Å². The van der Waals surface area contributed by atoms with E-state index in [0.29, 0.717) is 0 Å². The van der Waals surface area contributed by atoms with Gasteiger partial charge in [0.15, 0.2) is 0 Å². The number of piperidine rings is 1. The molecule has 0 aromatic heterocycles. The number of carbonyl (C=O) groups excluding carboxylic acids is 1. The van der Waals surface area contributed by atoms with Gasteiger partial charge >= 0.3 is 6.09 Å². The first-order chi connectivity index (χ1) is 7.26. The van der Waals surface area contributed by atoms with Crippen LogP contribution in [0.1, 0.15) is 32.6 Å². The van der Waals surface area contributed by atoms with Gasteiger partial charge < -0.3 is 15.0 Å². The normalized spacial score (nSPS) is 22.4. The van der Waals surface area contributed by atoms with E-state index >= 15 is 0 Å². The first-order valence-electron chi connectivity index (χ1n) is 5.83. The summed E-state index contributed by atoms with van der Waals surface area (Å²) in [5, 5.41) is 2.87. The number of nitrogens with one attached hydrogen (secondary N) is 1. The van der Waals surface area contributed by atoms with Crippen LogP contribution >= 0.6 is 0 Å². The SMILES string of the molecule is CCCCN1CCCC(NC(=O)OC)C1. The van der Waals surface area contributed by atoms with Gasteiger partial charge in [0.25, 0.3) is 0 Å². The third kappa shape index (κ3) is 4.51. The molecule has 1 aliphatic rings. The van der Waals surface area contributed by atoms with Crippen LogP contribution in [0.4, 0.5) is 4.79 Å². The average Bonchev–Trinajstić information content (AvgIpc) is 2.26. The van der Waals surface area contributed by atoms with Crippen molar-refractivity contribution in [2.45, 2.75) is 38.6 Å². The zero-order valence-corrected chi connectivity index (χ0v) is 9.79. The van der Waals surface area contributed by atoms with Gasteiger partial charge in [-0.2, -0.15) is 0 Å². The minimum atomic E-state index is -0.308. The van der Waals surface area contributed by atoms with Gasteiger partial charge in [0.05, 0.1) is 7.11 Å². The van der Waals surface area contributed by atoms with Crippen molar-refractivity contribution in [3.63, 3.8) is 0 Å². The molecule has 0 aliphatic carbocycles. The van der Waals surface area contributed by atoms with Crippen LogP contribution < -0.4 is 5.32 Å². The van der Waals surface area contributed by atoms with Crippen LogP contribution in [-0.2, 0) is 4.74 Å². The van der Waals surface area contributed by atoms with Gasteiger partial charge in [0.1, 0.15) is 0 Å². The maximum atomic E-state index is 11.0. The molecule has 4 nitrogen and oxygen atoms in total. The van der Waals surface area contributed by atoms with E-state index in [2.05, 4.69) is 21.9 Å². The van der Waals surface area contributed by atoms with Crippen molar-refractivity contribution in [3.05, 3.63) is 0 Å². The minimum Gasteiger partial charge on any atom is -0.453 e. The Balaban J connectivity index is 2.25. The molecule has 0 radical (unpaired) electrons. The molecule has 1 amide bonds. The topological polar surface area (TPSA) is 41.6 Å². The Morgan fingerprint density at radius 3 is 3.07 bits per heavy atom. The first-order valence-corrected chi connectivity index (χ1v) is 5.83. The molecule has 0 spiro atoms. The fraction of sp³-hybridized carbons (Fsp3) is 0.909. The van der Waals surface area contributed by atoms with Gasteiger partial charge in [-0.25, -0.2) is 4.79 Å². The fourth-order valence-electron chi connectivity index (χ4n) is 1.98. The van der Waals surface area contributed by atoms with Gasteiger partial charge in [-0.05, 0) is 32.4 Å². The lowest BCUT2D eigenvalue weighted by molar-refractivity contribution is 0.147. The van der Waals surface area contributed by atoms with Crippen LogP contribution in [0.2, 0.25) is 0 Å². The molecule has 1 fully saturated rings. The Morgan fingerprint density at radius 2 is 2.40 bits per heavy atom. The third-order valence-corrected chi connectivity index (χ3v) is 2.84. The molecule has 1 saturated heterocycles. The summed E-state index contributed by atoms with van der Waals surface area (Å²) < 4.78 is 4.60. The van der Waals surface area contributed by atoms with Gasteiger partial charge in [0, 0.05) is 12.6 Å². The van der Waals surface area contributed by atoms with Gasteiger partial charge in [-0.3, -0.25) is 0 Å². The summed E-state index contributed by atoms with van der Waals surface area (Å²) in [6.45, 7) is 5.48. The van der Waals surface area contributed by atoms with Crippen molar-refractivity contribution in [2.75, 3.05) is 26.7 Å².